The third kappa shape index (κ3) is 39.0. The number of hydrogen-bond acceptors (Lipinski definition) is 13. The Morgan fingerprint density at radius 2 is 0.628 bits per heavy atom. The highest BCUT2D eigenvalue weighted by molar-refractivity contribution is 5.71. The molecule has 0 unspecified atom stereocenters. The minimum Gasteiger partial charge on any atom is -0.458 e. The van der Waals surface area contributed by atoms with Gasteiger partial charge in [0.25, 0.3) is 0 Å². The molecule has 0 bridgehead atoms. The average Bonchev–Trinajstić information content (AvgIpc) is 2.96. The second-order valence-electron chi connectivity index (χ2n) is 10.1. The molecule has 0 saturated heterocycles. The minimum atomic E-state index is -0.508. The molecule has 43 heavy (non-hydrogen) atoms. The Bertz CT molecular complexity index is 561. The molecule has 0 aromatic heterocycles. The first-order valence-electron chi connectivity index (χ1n) is 15.5. The van der Waals surface area contributed by atoms with Gasteiger partial charge in [-0.2, -0.15) is 0 Å². The van der Waals surface area contributed by atoms with Crippen molar-refractivity contribution in [3.8, 4) is 0 Å². The Morgan fingerprint density at radius 1 is 0.395 bits per heavy atom. The number of esters is 1. The van der Waals surface area contributed by atoms with E-state index in [1.165, 1.54) is 0 Å². The number of carbonyl (C=O) groups is 1. The van der Waals surface area contributed by atoms with Gasteiger partial charge in [-0.25, -0.2) is 4.79 Å². The number of ether oxygens (including phenoxy) is 12. The molecule has 13 nitrogen and oxygen atoms in total. The number of rotatable bonds is 35. The normalized spacial score (nSPS) is 11.8. The first kappa shape index (κ1) is 42.0. The first-order chi connectivity index (χ1) is 21.0. The van der Waals surface area contributed by atoms with Crippen molar-refractivity contribution in [2.45, 2.75) is 46.1 Å². The van der Waals surface area contributed by atoms with Gasteiger partial charge in [0.2, 0.25) is 0 Å². The quantitative estimate of drug-likeness (QED) is 0.0753. The summed E-state index contributed by atoms with van der Waals surface area (Å²) in [6.07, 6.45) is 2.24. The number of unbranched alkanes of at least 4 members (excludes halogenated alkanes) is 1. The zero-order valence-electron chi connectivity index (χ0n) is 27.3. The SMILES string of the molecule is CCCCOCCOCCOCCOCCOCCOCCOCCOCCOCCOCCOCC(=O)OC(C)(C)C. The summed E-state index contributed by atoms with van der Waals surface area (Å²) in [6, 6.07) is 0. The third-order valence-electron chi connectivity index (χ3n) is 5.00. The van der Waals surface area contributed by atoms with Crippen LogP contribution < -0.4 is 0 Å². The molecule has 0 spiro atoms. The highest BCUT2D eigenvalue weighted by Crippen LogP contribution is 2.06. The van der Waals surface area contributed by atoms with Crippen molar-refractivity contribution in [3.63, 3.8) is 0 Å². The molecule has 0 atom stereocenters. The monoisotopic (exact) mass is 628 g/mol. The Kier molecular flexibility index (Phi) is 33.1. The molecule has 0 aliphatic rings. The molecule has 258 valence electrons. The van der Waals surface area contributed by atoms with Gasteiger partial charge in [-0.15, -0.1) is 0 Å². The van der Waals surface area contributed by atoms with Gasteiger partial charge in [0.05, 0.1) is 132 Å². The summed E-state index contributed by atoms with van der Waals surface area (Å²) in [5.41, 5.74) is -0.508. The van der Waals surface area contributed by atoms with Crippen molar-refractivity contribution in [1.29, 1.82) is 0 Å². The third-order valence-corrected chi connectivity index (χ3v) is 5.00. The molecule has 0 aromatic rings. The van der Waals surface area contributed by atoms with E-state index < -0.39 is 5.60 Å². The lowest BCUT2D eigenvalue weighted by atomic mass is 10.2. The number of carbonyl (C=O) groups excluding carboxylic acids is 1. The van der Waals surface area contributed by atoms with E-state index in [2.05, 4.69) is 6.92 Å². The van der Waals surface area contributed by atoms with Crippen LogP contribution in [-0.4, -0.2) is 157 Å². The van der Waals surface area contributed by atoms with Gasteiger partial charge in [0, 0.05) is 6.61 Å². The standard InChI is InChI=1S/C30H60O13/c1-5-6-7-32-8-9-33-10-11-34-12-13-35-14-15-36-16-17-37-18-19-38-20-21-39-22-23-40-24-25-41-26-27-42-28-29(31)43-30(2,3)4/h5-28H2,1-4H3. The van der Waals surface area contributed by atoms with E-state index in [0.29, 0.717) is 132 Å². The van der Waals surface area contributed by atoms with Crippen molar-refractivity contribution in [2.75, 3.05) is 145 Å². The summed E-state index contributed by atoms with van der Waals surface area (Å²) in [5, 5.41) is 0. The molecule has 0 N–H and O–H groups in total. The average molecular weight is 629 g/mol. The maximum absolute atomic E-state index is 11.5. The van der Waals surface area contributed by atoms with E-state index in [1.807, 2.05) is 20.8 Å². The zero-order chi connectivity index (χ0) is 31.5. The molecular weight excluding hydrogens is 568 g/mol. The topological polar surface area (TPSA) is 128 Å². The van der Waals surface area contributed by atoms with Crippen LogP contribution in [-0.2, 0) is 61.6 Å². The van der Waals surface area contributed by atoms with Crippen LogP contribution in [0.4, 0.5) is 0 Å². The largest absolute Gasteiger partial charge is 0.458 e. The molecule has 0 heterocycles. The van der Waals surface area contributed by atoms with E-state index in [1.54, 1.807) is 0 Å². The van der Waals surface area contributed by atoms with Crippen molar-refractivity contribution >= 4 is 5.97 Å². The highest BCUT2D eigenvalue weighted by Gasteiger charge is 2.15. The van der Waals surface area contributed by atoms with Crippen molar-refractivity contribution < 1.29 is 61.6 Å². The van der Waals surface area contributed by atoms with Crippen LogP contribution in [0.25, 0.3) is 0 Å². The van der Waals surface area contributed by atoms with Gasteiger partial charge in [-0.1, -0.05) is 13.3 Å². The molecule has 0 saturated carbocycles. The molecule has 13 heteroatoms. The van der Waals surface area contributed by atoms with E-state index in [-0.39, 0.29) is 12.6 Å². The summed E-state index contributed by atoms with van der Waals surface area (Å²) in [5.74, 6) is -0.385. The molecule has 0 aliphatic carbocycles. The fourth-order valence-electron chi connectivity index (χ4n) is 2.97. The second kappa shape index (κ2) is 33.9. The van der Waals surface area contributed by atoms with Crippen molar-refractivity contribution in [2.24, 2.45) is 0 Å². The smallest absolute Gasteiger partial charge is 0.332 e. The predicted octanol–water partition coefficient (Wildman–Crippen LogP) is 2.31. The molecule has 0 amide bonds. The fraction of sp³-hybridized carbons (Fsp3) is 0.967. The summed E-state index contributed by atoms with van der Waals surface area (Å²) in [6.45, 7) is 18.3. The van der Waals surface area contributed by atoms with Crippen LogP contribution in [0.1, 0.15) is 40.5 Å². The number of hydrogen-bond donors (Lipinski definition) is 0. The minimum absolute atomic E-state index is 0.0807. The van der Waals surface area contributed by atoms with E-state index in [0.717, 1.165) is 19.4 Å². The van der Waals surface area contributed by atoms with Gasteiger partial charge < -0.3 is 56.8 Å². The molecule has 0 rings (SSSR count). The zero-order valence-corrected chi connectivity index (χ0v) is 27.3. The van der Waals surface area contributed by atoms with Gasteiger partial charge in [-0.05, 0) is 27.2 Å². The summed E-state index contributed by atoms with van der Waals surface area (Å²) >= 11 is 0. The van der Waals surface area contributed by atoms with Crippen LogP contribution in [0.5, 0.6) is 0 Å². The van der Waals surface area contributed by atoms with Gasteiger partial charge in [-0.3, -0.25) is 0 Å². The molecule has 0 aliphatic heterocycles. The van der Waals surface area contributed by atoms with Crippen LogP contribution in [0, 0.1) is 0 Å². The molecule has 0 radical (unpaired) electrons. The Hall–Kier alpha value is -0.970. The van der Waals surface area contributed by atoms with Gasteiger partial charge in [0.15, 0.2) is 0 Å². The molecular formula is C30H60O13. The first-order valence-corrected chi connectivity index (χ1v) is 15.5. The fourth-order valence-corrected chi connectivity index (χ4v) is 2.97. The Labute approximate surface area is 259 Å². The summed E-state index contributed by atoms with van der Waals surface area (Å²) < 4.78 is 64.8. The van der Waals surface area contributed by atoms with Crippen LogP contribution in [0.15, 0.2) is 0 Å². The van der Waals surface area contributed by atoms with Crippen LogP contribution in [0.3, 0.4) is 0 Å². The molecule has 0 aromatic carbocycles. The maximum Gasteiger partial charge on any atom is 0.332 e. The van der Waals surface area contributed by atoms with E-state index >= 15 is 0 Å². The summed E-state index contributed by atoms with van der Waals surface area (Å²) in [4.78, 5) is 11.5. The lowest BCUT2D eigenvalue weighted by Gasteiger charge is -2.19. The van der Waals surface area contributed by atoms with Crippen molar-refractivity contribution in [3.05, 3.63) is 0 Å². The lowest BCUT2D eigenvalue weighted by molar-refractivity contribution is -0.160. The van der Waals surface area contributed by atoms with E-state index in [4.69, 9.17) is 56.8 Å². The molecule has 0 fully saturated rings. The Morgan fingerprint density at radius 3 is 0.860 bits per heavy atom. The lowest BCUT2D eigenvalue weighted by Crippen LogP contribution is -2.27. The van der Waals surface area contributed by atoms with Crippen molar-refractivity contribution in [1.82, 2.24) is 0 Å². The van der Waals surface area contributed by atoms with E-state index in [9.17, 15) is 4.79 Å². The maximum atomic E-state index is 11.5. The second-order valence-corrected chi connectivity index (χ2v) is 10.1. The van der Waals surface area contributed by atoms with Crippen LogP contribution >= 0.6 is 0 Å². The predicted molar refractivity (Wildman–Crippen MR) is 160 cm³/mol. The van der Waals surface area contributed by atoms with Gasteiger partial charge >= 0.3 is 5.97 Å². The summed E-state index contributed by atoms with van der Waals surface area (Å²) in [7, 11) is 0. The Balaban J connectivity index is 3.09. The highest BCUT2D eigenvalue weighted by atomic mass is 16.6. The van der Waals surface area contributed by atoms with Crippen LogP contribution in [0.2, 0.25) is 0 Å². The van der Waals surface area contributed by atoms with Gasteiger partial charge in [0.1, 0.15) is 12.2 Å².